The molecule has 9 nitrogen and oxygen atoms in total. The number of halogens is 1. The maximum absolute atomic E-state index is 13.4. The Morgan fingerprint density at radius 1 is 1.23 bits per heavy atom. The highest BCUT2D eigenvalue weighted by atomic mass is 19.1. The molecule has 0 saturated carbocycles. The van der Waals surface area contributed by atoms with Crippen molar-refractivity contribution in [2.45, 2.75) is 13.0 Å². The smallest absolute Gasteiger partial charge is 0.264 e. The predicted octanol–water partition coefficient (Wildman–Crippen LogP) is 1.21. The van der Waals surface area contributed by atoms with Gasteiger partial charge in [-0.05, 0) is 30.7 Å². The molecule has 10 heteroatoms. The summed E-state index contributed by atoms with van der Waals surface area (Å²) >= 11 is 0. The molecule has 0 unspecified atom stereocenters. The Balaban J connectivity index is 1.50. The number of benzene rings is 1. The lowest BCUT2D eigenvalue weighted by molar-refractivity contribution is 0.0162. The average Bonchev–Trinajstić information content (AvgIpc) is 3.17. The number of nitrogens with one attached hydrogen (secondary N) is 2. The first-order valence-electron chi connectivity index (χ1n) is 9.99. The lowest BCUT2D eigenvalue weighted by Crippen LogP contribution is -2.43. The van der Waals surface area contributed by atoms with Crippen LogP contribution in [0.5, 0.6) is 0 Å². The van der Waals surface area contributed by atoms with Crippen molar-refractivity contribution in [2.75, 3.05) is 32.8 Å². The van der Waals surface area contributed by atoms with Gasteiger partial charge in [0.05, 0.1) is 36.7 Å². The molecule has 1 aliphatic heterocycles. The van der Waals surface area contributed by atoms with E-state index in [4.69, 9.17) is 4.74 Å². The minimum atomic E-state index is -0.318. The Hall–Kier alpha value is -3.37. The van der Waals surface area contributed by atoms with Gasteiger partial charge in [-0.2, -0.15) is 10.2 Å². The van der Waals surface area contributed by atoms with Gasteiger partial charge in [0, 0.05) is 25.7 Å². The fourth-order valence-electron chi connectivity index (χ4n) is 3.64. The monoisotopic (exact) mass is 426 g/mol. The largest absolute Gasteiger partial charge is 0.379 e. The summed E-state index contributed by atoms with van der Waals surface area (Å²) < 4.78 is 20.3. The van der Waals surface area contributed by atoms with Crippen molar-refractivity contribution in [3.05, 3.63) is 75.6 Å². The molecule has 0 radical (unpaired) electrons. The summed E-state index contributed by atoms with van der Waals surface area (Å²) in [5.41, 5.74) is 1.62. The number of rotatable bonds is 6. The summed E-state index contributed by atoms with van der Waals surface area (Å²) in [5, 5.41) is 13.5. The molecular formula is C21H23FN6O3. The van der Waals surface area contributed by atoms with Crippen molar-refractivity contribution in [1.82, 2.24) is 30.2 Å². The van der Waals surface area contributed by atoms with Gasteiger partial charge in [0.2, 0.25) is 0 Å². The van der Waals surface area contributed by atoms with Crippen molar-refractivity contribution in [1.29, 1.82) is 0 Å². The third kappa shape index (κ3) is 4.70. The SMILES string of the molecule is Cc1c(C(=O)NC[C@@H](c2ccc(F)cc2)N2CCOCC2)cnn1-c1ccc(=O)[nH]n1. The molecule has 4 rings (SSSR count). The first-order valence-corrected chi connectivity index (χ1v) is 9.99. The Kier molecular flexibility index (Phi) is 6.19. The van der Waals surface area contributed by atoms with Crippen molar-refractivity contribution >= 4 is 5.91 Å². The molecule has 0 spiro atoms. The number of hydrogen-bond donors (Lipinski definition) is 2. The van der Waals surface area contributed by atoms with E-state index >= 15 is 0 Å². The summed E-state index contributed by atoms with van der Waals surface area (Å²) in [6, 6.07) is 9.11. The first kappa shape index (κ1) is 20.9. The molecule has 0 aliphatic carbocycles. The molecule has 2 aromatic heterocycles. The molecule has 3 heterocycles. The molecule has 1 saturated heterocycles. The normalized spacial score (nSPS) is 15.5. The molecule has 3 aromatic rings. The van der Waals surface area contributed by atoms with Crippen LogP contribution in [0.2, 0.25) is 0 Å². The fourth-order valence-corrected chi connectivity index (χ4v) is 3.64. The highest BCUT2D eigenvalue weighted by Crippen LogP contribution is 2.22. The number of H-pyrrole nitrogens is 1. The van der Waals surface area contributed by atoms with Crippen LogP contribution in [-0.4, -0.2) is 63.6 Å². The van der Waals surface area contributed by atoms with Gasteiger partial charge in [-0.25, -0.2) is 14.2 Å². The van der Waals surface area contributed by atoms with Crippen molar-refractivity contribution in [3.63, 3.8) is 0 Å². The third-order valence-corrected chi connectivity index (χ3v) is 5.33. The number of aromatic nitrogens is 4. The second-order valence-electron chi connectivity index (χ2n) is 7.26. The van der Waals surface area contributed by atoms with Crippen LogP contribution in [0.4, 0.5) is 4.39 Å². The molecule has 0 bridgehead atoms. The van der Waals surface area contributed by atoms with Crippen LogP contribution < -0.4 is 10.9 Å². The number of hydrogen-bond acceptors (Lipinski definition) is 6. The fraction of sp³-hybridized carbons (Fsp3) is 0.333. The molecule has 1 aliphatic rings. The van der Waals surface area contributed by atoms with Crippen LogP contribution in [0, 0.1) is 12.7 Å². The average molecular weight is 426 g/mol. The molecular weight excluding hydrogens is 403 g/mol. The van der Waals surface area contributed by atoms with Gasteiger partial charge < -0.3 is 10.1 Å². The van der Waals surface area contributed by atoms with E-state index in [2.05, 4.69) is 25.5 Å². The first-order chi connectivity index (χ1) is 15.0. The van der Waals surface area contributed by atoms with Crippen LogP contribution >= 0.6 is 0 Å². The van der Waals surface area contributed by atoms with Crippen LogP contribution in [0.15, 0.2) is 47.4 Å². The number of amides is 1. The lowest BCUT2D eigenvalue weighted by atomic mass is 10.0. The second kappa shape index (κ2) is 9.19. The quantitative estimate of drug-likeness (QED) is 0.614. The number of carbonyl (C=O) groups is 1. The van der Waals surface area contributed by atoms with E-state index in [1.165, 1.54) is 35.1 Å². The van der Waals surface area contributed by atoms with Gasteiger partial charge in [-0.1, -0.05) is 12.1 Å². The third-order valence-electron chi connectivity index (χ3n) is 5.33. The number of aromatic amines is 1. The highest BCUT2D eigenvalue weighted by molar-refractivity contribution is 5.95. The standard InChI is InChI=1S/C21H23FN6O3/c1-14-17(12-24-28(14)19-6-7-20(29)26-25-19)21(30)23-13-18(27-8-10-31-11-9-27)15-2-4-16(22)5-3-15/h2-7,12,18H,8-11,13H2,1H3,(H,23,30)(H,26,29)/t18-/m0/s1. The summed E-state index contributed by atoms with van der Waals surface area (Å²) in [5.74, 6) is -0.158. The molecule has 1 atom stereocenters. The Bertz CT molecular complexity index is 1080. The Morgan fingerprint density at radius 2 is 1.97 bits per heavy atom. The number of nitrogens with zero attached hydrogens (tertiary/aromatic N) is 4. The maximum Gasteiger partial charge on any atom is 0.264 e. The molecule has 1 amide bonds. The minimum absolute atomic E-state index is 0.107. The van der Waals surface area contributed by atoms with Crippen molar-refractivity contribution < 1.29 is 13.9 Å². The zero-order valence-electron chi connectivity index (χ0n) is 17.0. The van der Waals surface area contributed by atoms with Crippen LogP contribution in [0.3, 0.4) is 0 Å². The number of carbonyl (C=O) groups excluding carboxylic acids is 1. The zero-order valence-corrected chi connectivity index (χ0v) is 17.0. The van der Waals surface area contributed by atoms with Gasteiger partial charge in [0.1, 0.15) is 5.82 Å². The number of morpholine rings is 1. The molecule has 1 fully saturated rings. The number of ether oxygens (including phenoxy) is 1. The second-order valence-corrected chi connectivity index (χ2v) is 7.26. The molecule has 1 aromatic carbocycles. The van der Waals surface area contributed by atoms with Gasteiger partial charge in [-0.15, -0.1) is 0 Å². The van der Waals surface area contributed by atoms with E-state index in [9.17, 15) is 14.0 Å². The van der Waals surface area contributed by atoms with Gasteiger partial charge in [0.15, 0.2) is 5.82 Å². The van der Waals surface area contributed by atoms with E-state index in [0.717, 1.165) is 18.7 Å². The van der Waals surface area contributed by atoms with Gasteiger partial charge >= 0.3 is 0 Å². The van der Waals surface area contributed by atoms with Crippen molar-refractivity contribution in [2.24, 2.45) is 0 Å². The Morgan fingerprint density at radius 3 is 2.65 bits per heavy atom. The van der Waals surface area contributed by atoms with E-state index in [1.807, 2.05) is 0 Å². The van der Waals surface area contributed by atoms with Gasteiger partial charge in [-0.3, -0.25) is 14.5 Å². The van der Waals surface area contributed by atoms with Crippen LogP contribution in [0.1, 0.15) is 27.7 Å². The summed E-state index contributed by atoms with van der Waals surface area (Å²) in [6.07, 6.45) is 1.47. The maximum atomic E-state index is 13.4. The van der Waals surface area contributed by atoms with E-state index in [1.54, 1.807) is 19.1 Å². The summed E-state index contributed by atoms with van der Waals surface area (Å²) in [7, 11) is 0. The highest BCUT2D eigenvalue weighted by Gasteiger charge is 2.24. The van der Waals surface area contributed by atoms with E-state index in [0.29, 0.717) is 36.8 Å². The van der Waals surface area contributed by atoms with Crippen LogP contribution in [0.25, 0.3) is 5.82 Å². The summed E-state index contributed by atoms with van der Waals surface area (Å²) in [4.78, 5) is 26.3. The Labute approximate surface area is 177 Å². The minimum Gasteiger partial charge on any atom is -0.379 e. The molecule has 31 heavy (non-hydrogen) atoms. The van der Waals surface area contributed by atoms with Gasteiger partial charge in [0.25, 0.3) is 11.5 Å². The predicted molar refractivity (Wildman–Crippen MR) is 111 cm³/mol. The van der Waals surface area contributed by atoms with E-state index in [-0.39, 0.29) is 23.3 Å². The topological polar surface area (TPSA) is 105 Å². The van der Waals surface area contributed by atoms with Crippen molar-refractivity contribution in [3.8, 4) is 5.82 Å². The van der Waals surface area contributed by atoms with E-state index < -0.39 is 0 Å². The molecule has 162 valence electrons. The zero-order chi connectivity index (χ0) is 21.8. The van der Waals surface area contributed by atoms with Crippen LogP contribution in [-0.2, 0) is 4.74 Å². The lowest BCUT2D eigenvalue weighted by Gasteiger charge is -2.35. The summed E-state index contributed by atoms with van der Waals surface area (Å²) in [6.45, 7) is 4.80. The molecule has 2 N–H and O–H groups in total.